The lowest BCUT2D eigenvalue weighted by Gasteiger charge is -2.36. The third-order valence-electron chi connectivity index (χ3n) is 4.33. The minimum absolute atomic E-state index is 0.0303. The molecule has 1 fully saturated rings. The highest BCUT2D eigenvalue weighted by molar-refractivity contribution is 7.95. The zero-order valence-corrected chi connectivity index (χ0v) is 15.0. The van der Waals surface area contributed by atoms with E-state index in [1.54, 1.807) is 0 Å². The van der Waals surface area contributed by atoms with Crippen molar-refractivity contribution in [1.82, 2.24) is 5.32 Å². The van der Waals surface area contributed by atoms with Gasteiger partial charge in [-0.25, -0.2) is 16.8 Å². The minimum atomic E-state index is -3.38. The highest BCUT2D eigenvalue weighted by atomic mass is 32.2. The molecule has 126 valence electrons. The van der Waals surface area contributed by atoms with Crippen molar-refractivity contribution >= 4 is 19.7 Å². The molecule has 1 aliphatic rings. The second-order valence-corrected chi connectivity index (χ2v) is 10.8. The van der Waals surface area contributed by atoms with E-state index in [1.165, 1.54) is 0 Å². The third kappa shape index (κ3) is 6.24. The highest BCUT2D eigenvalue weighted by Gasteiger charge is 2.38. The van der Waals surface area contributed by atoms with Gasteiger partial charge in [0.15, 0.2) is 9.84 Å². The fourth-order valence-corrected chi connectivity index (χ4v) is 6.70. The van der Waals surface area contributed by atoms with Gasteiger partial charge in [0, 0.05) is 12.3 Å². The lowest BCUT2D eigenvalue weighted by molar-refractivity contribution is 0.287. The number of hydrogen-bond donors (Lipinski definition) is 1. The van der Waals surface area contributed by atoms with Crippen LogP contribution >= 0.6 is 0 Å². The summed E-state index contributed by atoms with van der Waals surface area (Å²) in [6, 6.07) is -0.0303. The van der Waals surface area contributed by atoms with Crippen molar-refractivity contribution in [3.8, 4) is 0 Å². The molecule has 1 N–H and O–H groups in total. The Morgan fingerprint density at radius 2 is 1.71 bits per heavy atom. The fraction of sp³-hybridized carbons (Fsp3) is 1.00. The van der Waals surface area contributed by atoms with Crippen LogP contribution in [0.2, 0.25) is 0 Å². The van der Waals surface area contributed by atoms with Crippen LogP contribution in [-0.2, 0) is 19.7 Å². The summed E-state index contributed by atoms with van der Waals surface area (Å²) in [7, 11) is -6.63. The zero-order chi connectivity index (χ0) is 16.1. The SMILES string of the molecule is CCCNC1CCC(CC)CC1S(=O)(=O)CCS(C)(=O)=O. The minimum Gasteiger partial charge on any atom is -0.313 e. The van der Waals surface area contributed by atoms with Gasteiger partial charge in [-0.2, -0.15) is 0 Å². The van der Waals surface area contributed by atoms with Crippen LogP contribution in [0.25, 0.3) is 0 Å². The van der Waals surface area contributed by atoms with Crippen LogP contribution < -0.4 is 5.32 Å². The summed E-state index contributed by atoms with van der Waals surface area (Å²) in [6.45, 7) is 4.95. The van der Waals surface area contributed by atoms with Crippen LogP contribution in [0.4, 0.5) is 0 Å². The summed E-state index contributed by atoms with van der Waals surface area (Å²) in [5.74, 6) is -0.0944. The summed E-state index contributed by atoms with van der Waals surface area (Å²) in [5, 5.41) is 2.90. The molecule has 21 heavy (non-hydrogen) atoms. The Morgan fingerprint density at radius 3 is 2.24 bits per heavy atom. The summed E-state index contributed by atoms with van der Waals surface area (Å²) < 4.78 is 47.6. The maximum absolute atomic E-state index is 12.6. The smallest absolute Gasteiger partial charge is 0.155 e. The van der Waals surface area contributed by atoms with Gasteiger partial charge in [0.05, 0.1) is 16.8 Å². The number of hydrogen-bond acceptors (Lipinski definition) is 5. The Kier molecular flexibility index (Phi) is 7.13. The normalized spacial score (nSPS) is 27.7. The van der Waals surface area contributed by atoms with E-state index in [9.17, 15) is 16.8 Å². The number of rotatable bonds is 8. The van der Waals surface area contributed by atoms with E-state index in [0.29, 0.717) is 12.3 Å². The Labute approximate surface area is 129 Å². The van der Waals surface area contributed by atoms with E-state index in [0.717, 1.165) is 38.5 Å². The topological polar surface area (TPSA) is 80.3 Å². The molecular weight excluding hydrogens is 310 g/mol. The Hall–Kier alpha value is -0.140. The quantitative estimate of drug-likeness (QED) is 0.723. The van der Waals surface area contributed by atoms with Gasteiger partial charge in [0.1, 0.15) is 9.84 Å². The van der Waals surface area contributed by atoms with Gasteiger partial charge >= 0.3 is 0 Å². The predicted octanol–water partition coefficient (Wildman–Crippen LogP) is 1.39. The largest absolute Gasteiger partial charge is 0.313 e. The molecular formula is C14H29NO4S2. The molecule has 0 bridgehead atoms. The van der Waals surface area contributed by atoms with Crippen molar-refractivity contribution in [2.24, 2.45) is 5.92 Å². The van der Waals surface area contributed by atoms with Crippen LogP contribution in [-0.4, -0.2) is 52.4 Å². The second kappa shape index (κ2) is 7.92. The molecule has 0 aliphatic heterocycles. The molecule has 3 atom stereocenters. The molecule has 0 aromatic heterocycles. The Bertz CT molecular complexity index is 513. The molecule has 0 aromatic carbocycles. The summed E-state index contributed by atoms with van der Waals surface area (Å²) >= 11 is 0. The fourth-order valence-electron chi connectivity index (χ4n) is 2.96. The first-order valence-electron chi connectivity index (χ1n) is 7.82. The van der Waals surface area contributed by atoms with E-state index in [2.05, 4.69) is 19.2 Å². The van der Waals surface area contributed by atoms with E-state index < -0.39 is 24.9 Å². The van der Waals surface area contributed by atoms with Crippen molar-refractivity contribution in [3.63, 3.8) is 0 Å². The molecule has 5 nitrogen and oxygen atoms in total. The molecule has 7 heteroatoms. The third-order valence-corrected chi connectivity index (χ3v) is 7.75. The van der Waals surface area contributed by atoms with E-state index >= 15 is 0 Å². The standard InChI is InChI=1S/C14H29NO4S2/c1-4-8-15-13-7-6-12(5-2)11-14(13)21(18,19)10-9-20(3,16)17/h12-15H,4-11H2,1-3H3. The van der Waals surface area contributed by atoms with Crippen molar-refractivity contribution < 1.29 is 16.8 Å². The van der Waals surface area contributed by atoms with Crippen molar-refractivity contribution in [2.75, 3.05) is 24.3 Å². The first-order chi connectivity index (χ1) is 9.69. The van der Waals surface area contributed by atoms with E-state index in [-0.39, 0.29) is 17.5 Å². The lowest BCUT2D eigenvalue weighted by atomic mass is 9.84. The van der Waals surface area contributed by atoms with Crippen LogP contribution in [0.15, 0.2) is 0 Å². The van der Waals surface area contributed by atoms with E-state index in [1.807, 2.05) is 0 Å². The number of nitrogens with one attached hydrogen (secondary N) is 1. The van der Waals surface area contributed by atoms with Crippen molar-refractivity contribution in [2.45, 2.75) is 57.2 Å². The lowest BCUT2D eigenvalue weighted by Crippen LogP contribution is -2.49. The second-order valence-electron chi connectivity index (χ2n) is 6.18. The first kappa shape index (κ1) is 18.9. The monoisotopic (exact) mass is 339 g/mol. The average molecular weight is 340 g/mol. The van der Waals surface area contributed by atoms with Gasteiger partial charge in [-0.1, -0.05) is 20.3 Å². The van der Waals surface area contributed by atoms with Crippen LogP contribution in [0, 0.1) is 5.92 Å². The molecule has 0 amide bonds. The zero-order valence-electron chi connectivity index (χ0n) is 13.3. The molecule has 0 aromatic rings. The molecule has 0 spiro atoms. The maximum atomic E-state index is 12.6. The van der Waals surface area contributed by atoms with Gasteiger partial charge < -0.3 is 5.32 Å². The summed E-state index contributed by atoms with van der Waals surface area (Å²) in [6.07, 6.45) is 5.61. The summed E-state index contributed by atoms with van der Waals surface area (Å²) in [4.78, 5) is 0. The van der Waals surface area contributed by atoms with Crippen molar-refractivity contribution in [1.29, 1.82) is 0 Å². The average Bonchev–Trinajstić information content (AvgIpc) is 2.42. The van der Waals surface area contributed by atoms with Gasteiger partial charge in [0.25, 0.3) is 0 Å². The van der Waals surface area contributed by atoms with Gasteiger partial charge in [0.2, 0.25) is 0 Å². The van der Waals surface area contributed by atoms with Crippen LogP contribution in [0.5, 0.6) is 0 Å². The van der Waals surface area contributed by atoms with Crippen LogP contribution in [0.1, 0.15) is 46.0 Å². The molecule has 1 aliphatic carbocycles. The Morgan fingerprint density at radius 1 is 1.05 bits per heavy atom. The van der Waals surface area contributed by atoms with Gasteiger partial charge in [-0.05, 0) is 38.1 Å². The summed E-state index contributed by atoms with van der Waals surface area (Å²) in [5.41, 5.74) is 0. The van der Waals surface area contributed by atoms with Gasteiger partial charge in [-0.15, -0.1) is 0 Å². The molecule has 1 rings (SSSR count). The van der Waals surface area contributed by atoms with E-state index in [4.69, 9.17) is 0 Å². The van der Waals surface area contributed by atoms with Crippen LogP contribution in [0.3, 0.4) is 0 Å². The highest BCUT2D eigenvalue weighted by Crippen LogP contribution is 2.31. The van der Waals surface area contributed by atoms with Gasteiger partial charge in [-0.3, -0.25) is 0 Å². The maximum Gasteiger partial charge on any atom is 0.155 e. The number of sulfone groups is 2. The molecule has 0 saturated heterocycles. The molecule has 1 saturated carbocycles. The molecule has 3 unspecified atom stereocenters. The predicted molar refractivity (Wildman–Crippen MR) is 87.0 cm³/mol. The molecule has 0 radical (unpaired) electrons. The molecule has 0 heterocycles. The van der Waals surface area contributed by atoms with Crippen molar-refractivity contribution in [3.05, 3.63) is 0 Å². The Balaban J connectivity index is 2.83. The first-order valence-corrected chi connectivity index (χ1v) is 11.6.